The Balaban J connectivity index is 1.04. The van der Waals surface area contributed by atoms with Crippen molar-refractivity contribution in [2.24, 2.45) is 29.1 Å². The highest BCUT2D eigenvalue weighted by molar-refractivity contribution is 6.30. The normalized spacial score (nSPS) is 30.8. The number of likely N-dealkylation sites (tertiary alicyclic amines) is 1. The first kappa shape index (κ1) is 22.6. The smallest absolute Gasteiger partial charge is 0.241 e. The zero-order valence-corrected chi connectivity index (χ0v) is 19.8. The molecule has 1 aromatic rings. The van der Waals surface area contributed by atoms with E-state index in [0.29, 0.717) is 43.2 Å². The number of rotatable bonds is 6. The number of aromatic nitrogens is 1. The highest BCUT2D eigenvalue weighted by Crippen LogP contribution is 2.61. The zero-order chi connectivity index (χ0) is 23.0. The summed E-state index contributed by atoms with van der Waals surface area (Å²) >= 11 is 5.83. The van der Waals surface area contributed by atoms with Crippen LogP contribution in [-0.2, 0) is 14.4 Å². The van der Waals surface area contributed by atoms with Crippen molar-refractivity contribution in [3.05, 3.63) is 23.4 Å². The number of carbonyl (C=O) groups is 3. The van der Waals surface area contributed by atoms with Crippen molar-refractivity contribution in [1.29, 1.82) is 0 Å². The van der Waals surface area contributed by atoms with Gasteiger partial charge in [-0.05, 0) is 86.7 Å². The van der Waals surface area contributed by atoms with Gasteiger partial charge >= 0.3 is 0 Å². The Hall–Kier alpha value is -2.15. The van der Waals surface area contributed by atoms with Crippen LogP contribution in [0.15, 0.2) is 18.3 Å². The van der Waals surface area contributed by atoms with Gasteiger partial charge in [0.05, 0.1) is 11.6 Å². The average Bonchev–Trinajstić information content (AvgIpc) is 2.78. The number of hydrogen-bond acceptors (Lipinski definition) is 4. The van der Waals surface area contributed by atoms with Crippen LogP contribution in [0, 0.1) is 29.1 Å². The summed E-state index contributed by atoms with van der Waals surface area (Å²) in [4.78, 5) is 43.7. The van der Waals surface area contributed by atoms with E-state index in [2.05, 4.69) is 15.6 Å². The van der Waals surface area contributed by atoms with Crippen LogP contribution in [0.4, 0.5) is 5.82 Å². The van der Waals surface area contributed by atoms with Crippen LogP contribution in [0.3, 0.4) is 0 Å². The van der Waals surface area contributed by atoms with E-state index < -0.39 is 0 Å². The topological polar surface area (TPSA) is 91.4 Å². The van der Waals surface area contributed by atoms with Gasteiger partial charge in [0.25, 0.3) is 0 Å². The second-order valence-electron chi connectivity index (χ2n) is 10.9. The molecule has 1 aromatic heterocycles. The zero-order valence-electron chi connectivity index (χ0n) is 19.0. The average molecular weight is 473 g/mol. The third-order valence-electron chi connectivity index (χ3n) is 8.33. The minimum Gasteiger partial charge on any atom is -0.347 e. The van der Waals surface area contributed by atoms with Crippen LogP contribution >= 0.6 is 11.6 Å². The minimum atomic E-state index is -0.155. The van der Waals surface area contributed by atoms with Gasteiger partial charge in [0.2, 0.25) is 17.7 Å². The van der Waals surface area contributed by atoms with Crippen LogP contribution in [0.1, 0.15) is 57.8 Å². The number of hydrogen-bond donors (Lipinski definition) is 2. The molecular weight excluding hydrogens is 440 g/mol. The highest BCUT2D eigenvalue weighted by atomic mass is 35.5. The summed E-state index contributed by atoms with van der Waals surface area (Å²) < 4.78 is 0. The molecule has 2 N–H and O–H groups in total. The molecule has 1 saturated heterocycles. The molecule has 1 aliphatic heterocycles. The third kappa shape index (κ3) is 5.18. The predicted octanol–water partition coefficient (Wildman–Crippen LogP) is 3.63. The van der Waals surface area contributed by atoms with Crippen LogP contribution in [0.5, 0.6) is 0 Å². The quantitative estimate of drug-likeness (QED) is 0.661. The Labute approximate surface area is 200 Å². The van der Waals surface area contributed by atoms with Gasteiger partial charge in [-0.15, -0.1) is 0 Å². The molecule has 0 unspecified atom stereocenters. The molecule has 0 aromatic carbocycles. The maximum absolute atomic E-state index is 12.7. The molecule has 5 fully saturated rings. The van der Waals surface area contributed by atoms with Gasteiger partial charge in [0.15, 0.2) is 0 Å². The van der Waals surface area contributed by atoms with E-state index >= 15 is 0 Å². The molecule has 0 atom stereocenters. The fourth-order valence-corrected chi connectivity index (χ4v) is 7.38. The molecule has 5 aliphatic rings. The van der Waals surface area contributed by atoms with Crippen molar-refractivity contribution in [2.75, 3.05) is 25.0 Å². The Morgan fingerprint density at radius 1 is 1.03 bits per heavy atom. The summed E-state index contributed by atoms with van der Waals surface area (Å²) in [5.74, 6) is 2.66. The second kappa shape index (κ2) is 9.24. The Bertz CT molecular complexity index is 875. The predicted molar refractivity (Wildman–Crippen MR) is 125 cm³/mol. The van der Waals surface area contributed by atoms with E-state index in [1.54, 1.807) is 17.0 Å². The third-order valence-corrected chi connectivity index (χ3v) is 8.56. The van der Waals surface area contributed by atoms with Gasteiger partial charge in [-0.3, -0.25) is 14.4 Å². The summed E-state index contributed by atoms with van der Waals surface area (Å²) in [5, 5.41) is 6.23. The lowest BCUT2D eigenvalue weighted by Gasteiger charge is -2.56. The van der Waals surface area contributed by atoms with Crippen LogP contribution in [0.2, 0.25) is 5.02 Å². The van der Waals surface area contributed by atoms with Crippen molar-refractivity contribution in [3.63, 3.8) is 0 Å². The molecule has 8 heteroatoms. The summed E-state index contributed by atoms with van der Waals surface area (Å²) in [5.41, 5.74) is 0.187. The van der Waals surface area contributed by atoms with E-state index in [4.69, 9.17) is 11.6 Å². The number of carbonyl (C=O) groups excluding carboxylic acids is 3. The number of amides is 3. The monoisotopic (exact) mass is 472 g/mol. The molecule has 4 saturated carbocycles. The number of halogens is 1. The van der Waals surface area contributed by atoms with E-state index in [0.717, 1.165) is 17.8 Å². The van der Waals surface area contributed by atoms with Crippen LogP contribution < -0.4 is 10.6 Å². The van der Waals surface area contributed by atoms with Gasteiger partial charge in [-0.1, -0.05) is 11.6 Å². The summed E-state index contributed by atoms with van der Waals surface area (Å²) in [7, 11) is 0. The first-order valence-electron chi connectivity index (χ1n) is 12.3. The fraction of sp³-hybridized carbons (Fsp3) is 0.680. The van der Waals surface area contributed by atoms with E-state index in [9.17, 15) is 14.4 Å². The van der Waals surface area contributed by atoms with Gasteiger partial charge in [-0.2, -0.15) is 0 Å². The Morgan fingerprint density at radius 2 is 1.67 bits per heavy atom. The van der Waals surface area contributed by atoms with Crippen LogP contribution in [-0.4, -0.2) is 47.2 Å². The minimum absolute atomic E-state index is 0.0232. The van der Waals surface area contributed by atoms with Crippen molar-refractivity contribution in [2.45, 2.75) is 57.8 Å². The summed E-state index contributed by atoms with van der Waals surface area (Å²) in [6, 6.07) is 3.36. The Kier molecular flexibility index (Phi) is 6.34. The number of nitrogens with zero attached hydrogens (tertiary/aromatic N) is 2. The molecule has 3 amide bonds. The summed E-state index contributed by atoms with van der Waals surface area (Å²) in [6.45, 7) is 1.10. The van der Waals surface area contributed by atoms with Crippen LogP contribution in [0.25, 0.3) is 0 Å². The first-order chi connectivity index (χ1) is 15.9. The van der Waals surface area contributed by atoms with Crippen molar-refractivity contribution < 1.29 is 14.4 Å². The van der Waals surface area contributed by atoms with Gasteiger partial charge in [0.1, 0.15) is 5.82 Å². The van der Waals surface area contributed by atoms with Gasteiger partial charge < -0.3 is 15.5 Å². The SMILES string of the molecule is O=C(CC12CC3CC(CC(C3)C1)C2)NCC(=O)N1CCC(C(=O)Nc2ccc(Cl)cn2)CC1. The highest BCUT2D eigenvalue weighted by Gasteiger charge is 2.51. The largest absolute Gasteiger partial charge is 0.347 e. The first-order valence-corrected chi connectivity index (χ1v) is 12.7. The molecule has 0 spiro atoms. The van der Waals surface area contributed by atoms with Crippen molar-refractivity contribution >= 4 is 35.1 Å². The van der Waals surface area contributed by atoms with E-state index in [-0.39, 0.29) is 35.6 Å². The molecule has 7 nitrogen and oxygen atoms in total. The number of pyridine rings is 1. The molecule has 33 heavy (non-hydrogen) atoms. The lowest BCUT2D eigenvalue weighted by molar-refractivity contribution is -0.137. The van der Waals surface area contributed by atoms with Gasteiger partial charge in [-0.25, -0.2) is 4.98 Å². The molecule has 2 heterocycles. The maximum Gasteiger partial charge on any atom is 0.241 e. The molecule has 4 bridgehead atoms. The van der Waals surface area contributed by atoms with E-state index in [1.807, 2.05) is 0 Å². The number of nitrogens with one attached hydrogen (secondary N) is 2. The standard InChI is InChI=1S/C25H33ClN4O3/c26-20-1-2-21(27-14-20)29-24(33)19-3-5-30(6-4-19)23(32)15-28-22(31)13-25-10-16-7-17(11-25)9-18(8-16)12-25/h1-2,14,16-19H,3-13,15H2,(H,28,31)(H,27,29,33). The molecule has 6 rings (SSSR count). The number of anilines is 1. The summed E-state index contributed by atoms with van der Waals surface area (Å²) in [6.07, 6.45) is 11.0. The molecular formula is C25H33ClN4O3. The lowest BCUT2D eigenvalue weighted by atomic mass is 9.49. The Morgan fingerprint density at radius 3 is 2.24 bits per heavy atom. The molecule has 0 radical (unpaired) electrons. The molecule has 178 valence electrons. The number of piperidine rings is 1. The second-order valence-corrected chi connectivity index (χ2v) is 11.3. The maximum atomic E-state index is 12.7. The lowest BCUT2D eigenvalue weighted by Crippen LogP contribution is -2.49. The van der Waals surface area contributed by atoms with Gasteiger partial charge in [0, 0.05) is 31.6 Å². The van der Waals surface area contributed by atoms with Crippen molar-refractivity contribution in [3.8, 4) is 0 Å². The van der Waals surface area contributed by atoms with Crippen molar-refractivity contribution in [1.82, 2.24) is 15.2 Å². The van der Waals surface area contributed by atoms with E-state index in [1.165, 1.54) is 44.7 Å². The fourth-order valence-electron chi connectivity index (χ4n) is 7.26. The molecule has 4 aliphatic carbocycles.